The molecule has 1 N–H and O–H groups in total. The first-order chi connectivity index (χ1) is 9.40. The van der Waals surface area contributed by atoms with Gasteiger partial charge in [-0.3, -0.25) is 4.79 Å². The molecule has 1 fully saturated rings. The number of alkyl halides is 3. The summed E-state index contributed by atoms with van der Waals surface area (Å²) in [6.45, 7) is 1.66. The molecule has 0 bridgehead atoms. The van der Waals surface area contributed by atoms with Crippen LogP contribution in [0.2, 0.25) is 0 Å². The Kier molecular flexibility index (Phi) is 5.96. The number of ether oxygens (including phenoxy) is 3. The van der Waals surface area contributed by atoms with Crippen molar-refractivity contribution in [1.29, 1.82) is 0 Å². The molecule has 20 heavy (non-hydrogen) atoms. The van der Waals surface area contributed by atoms with E-state index in [2.05, 4.69) is 4.74 Å². The molecule has 1 heterocycles. The SMILES string of the molecule is CCOC(=O)/C(NC=O)=C(\CC1OCCO1)C(F)(F)F. The lowest BCUT2D eigenvalue weighted by Crippen LogP contribution is -2.30. The number of carbonyl (C=O) groups excluding carboxylic acids is 2. The molecule has 1 rings (SSSR count). The summed E-state index contributed by atoms with van der Waals surface area (Å²) in [5.74, 6) is -1.26. The normalized spacial score (nSPS) is 17.6. The zero-order chi connectivity index (χ0) is 15.2. The van der Waals surface area contributed by atoms with Gasteiger partial charge in [-0.15, -0.1) is 0 Å². The molecule has 6 nitrogen and oxygen atoms in total. The van der Waals surface area contributed by atoms with Crippen LogP contribution in [-0.4, -0.2) is 44.7 Å². The van der Waals surface area contributed by atoms with Crippen LogP contribution in [0.1, 0.15) is 13.3 Å². The smallest absolute Gasteiger partial charge is 0.415 e. The molecule has 0 aromatic heterocycles. The van der Waals surface area contributed by atoms with Gasteiger partial charge in [-0.05, 0) is 6.92 Å². The predicted molar refractivity (Wildman–Crippen MR) is 59.2 cm³/mol. The van der Waals surface area contributed by atoms with Crippen molar-refractivity contribution in [2.75, 3.05) is 19.8 Å². The second kappa shape index (κ2) is 7.25. The van der Waals surface area contributed by atoms with E-state index in [4.69, 9.17) is 9.47 Å². The van der Waals surface area contributed by atoms with Gasteiger partial charge >= 0.3 is 12.1 Å². The van der Waals surface area contributed by atoms with Crippen LogP contribution < -0.4 is 5.32 Å². The Labute approximate surface area is 112 Å². The number of amides is 1. The highest BCUT2D eigenvalue weighted by Gasteiger charge is 2.41. The second-order valence-electron chi connectivity index (χ2n) is 3.71. The fraction of sp³-hybridized carbons (Fsp3) is 0.636. The molecule has 0 aromatic carbocycles. The molecule has 1 amide bonds. The highest BCUT2D eigenvalue weighted by molar-refractivity contribution is 5.91. The summed E-state index contributed by atoms with van der Waals surface area (Å²) in [5, 5.41) is 1.74. The Balaban J connectivity index is 3.08. The van der Waals surface area contributed by atoms with Crippen LogP contribution in [0.15, 0.2) is 11.3 Å². The maximum absolute atomic E-state index is 13.0. The van der Waals surface area contributed by atoms with E-state index in [9.17, 15) is 22.8 Å². The van der Waals surface area contributed by atoms with Crippen molar-refractivity contribution in [3.8, 4) is 0 Å². The second-order valence-corrected chi connectivity index (χ2v) is 3.71. The van der Waals surface area contributed by atoms with E-state index < -0.39 is 36.1 Å². The highest BCUT2D eigenvalue weighted by Crippen LogP contribution is 2.33. The fourth-order valence-corrected chi connectivity index (χ4v) is 1.58. The van der Waals surface area contributed by atoms with Crippen LogP contribution in [0.3, 0.4) is 0 Å². The van der Waals surface area contributed by atoms with Crippen molar-refractivity contribution < 1.29 is 37.0 Å². The first-order valence-electron chi connectivity index (χ1n) is 5.81. The van der Waals surface area contributed by atoms with Crippen LogP contribution in [-0.2, 0) is 23.8 Å². The first-order valence-corrected chi connectivity index (χ1v) is 5.81. The molecular formula is C11H14F3NO5. The summed E-state index contributed by atoms with van der Waals surface area (Å²) in [4.78, 5) is 21.9. The molecule has 0 aliphatic carbocycles. The highest BCUT2D eigenvalue weighted by atomic mass is 19.4. The number of carbonyl (C=O) groups is 2. The van der Waals surface area contributed by atoms with E-state index >= 15 is 0 Å². The standard InChI is InChI=1S/C11H14F3NO5/c1-2-18-10(17)9(15-6-16)7(11(12,13)14)5-8-19-3-4-20-8/h6,8H,2-5H2,1H3,(H,15,16)/b9-7-. The van der Waals surface area contributed by atoms with Gasteiger partial charge in [0.25, 0.3) is 0 Å². The minimum atomic E-state index is -4.83. The number of nitrogens with one attached hydrogen (secondary N) is 1. The number of halogens is 3. The fourth-order valence-electron chi connectivity index (χ4n) is 1.58. The van der Waals surface area contributed by atoms with Gasteiger partial charge in [0.05, 0.1) is 25.4 Å². The Bertz CT molecular complexity index is 388. The first kappa shape index (κ1) is 16.4. The predicted octanol–water partition coefficient (Wildman–Crippen LogP) is 0.875. The molecule has 1 aliphatic rings. The number of hydrogen-bond acceptors (Lipinski definition) is 5. The average Bonchev–Trinajstić information content (AvgIpc) is 2.85. The maximum Gasteiger partial charge on any atom is 0.415 e. The minimum Gasteiger partial charge on any atom is -0.461 e. The summed E-state index contributed by atoms with van der Waals surface area (Å²) in [6.07, 6.45) is -6.66. The van der Waals surface area contributed by atoms with Crippen LogP contribution in [0.5, 0.6) is 0 Å². The molecule has 0 unspecified atom stereocenters. The molecule has 0 radical (unpaired) electrons. The number of rotatable bonds is 6. The molecule has 9 heteroatoms. The molecule has 114 valence electrons. The molecular weight excluding hydrogens is 283 g/mol. The van der Waals surface area contributed by atoms with Gasteiger partial charge in [0.15, 0.2) is 6.29 Å². The zero-order valence-corrected chi connectivity index (χ0v) is 10.7. The van der Waals surface area contributed by atoms with Crippen molar-refractivity contribution in [1.82, 2.24) is 5.32 Å². The van der Waals surface area contributed by atoms with Crippen LogP contribution in [0.25, 0.3) is 0 Å². The topological polar surface area (TPSA) is 73.9 Å². The van der Waals surface area contributed by atoms with Crippen molar-refractivity contribution in [3.63, 3.8) is 0 Å². The molecule has 0 spiro atoms. The summed E-state index contributed by atoms with van der Waals surface area (Å²) >= 11 is 0. The van der Waals surface area contributed by atoms with Crippen molar-refractivity contribution in [2.45, 2.75) is 25.8 Å². The Morgan fingerprint density at radius 1 is 1.40 bits per heavy atom. The molecule has 0 aromatic rings. The largest absolute Gasteiger partial charge is 0.461 e. The van der Waals surface area contributed by atoms with Crippen LogP contribution >= 0.6 is 0 Å². The van der Waals surface area contributed by atoms with E-state index in [-0.39, 0.29) is 26.2 Å². The lowest BCUT2D eigenvalue weighted by Gasteiger charge is -2.18. The maximum atomic E-state index is 13.0. The Hall–Kier alpha value is -1.61. The van der Waals surface area contributed by atoms with Gasteiger partial charge in [0.1, 0.15) is 5.70 Å². The van der Waals surface area contributed by atoms with Crippen LogP contribution in [0, 0.1) is 0 Å². The van der Waals surface area contributed by atoms with E-state index in [1.165, 1.54) is 6.92 Å². The third-order valence-electron chi connectivity index (χ3n) is 2.39. The monoisotopic (exact) mass is 297 g/mol. The van der Waals surface area contributed by atoms with Gasteiger partial charge in [0, 0.05) is 6.42 Å². The summed E-state index contributed by atoms with van der Waals surface area (Å²) < 4.78 is 53.4. The minimum absolute atomic E-state index is 0.0195. The number of hydrogen-bond donors (Lipinski definition) is 1. The van der Waals surface area contributed by atoms with Gasteiger partial charge in [-0.1, -0.05) is 0 Å². The van der Waals surface area contributed by atoms with Gasteiger partial charge < -0.3 is 19.5 Å². The van der Waals surface area contributed by atoms with Crippen molar-refractivity contribution in [3.05, 3.63) is 11.3 Å². The molecule has 1 saturated heterocycles. The summed E-state index contributed by atoms with van der Waals surface area (Å²) in [7, 11) is 0. The van der Waals surface area contributed by atoms with E-state index in [1.54, 1.807) is 5.32 Å². The molecule has 0 saturated carbocycles. The molecule has 0 atom stereocenters. The Morgan fingerprint density at radius 2 is 2.00 bits per heavy atom. The lowest BCUT2D eigenvalue weighted by molar-refractivity contribution is -0.141. The molecule has 1 aliphatic heterocycles. The average molecular weight is 297 g/mol. The van der Waals surface area contributed by atoms with Gasteiger partial charge in [-0.25, -0.2) is 4.79 Å². The summed E-state index contributed by atoms with van der Waals surface area (Å²) in [5.41, 5.74) is -2.21. The lowest BCUT2D eigenvalue weighted by atomic mass is 10.1. The van der Waals surface area contributed by atoms with E-state index in [0.717, 1.165) is 0 Å². The van der Waals surface area contributed by atoms with Crippen molar-refractivity contribution in [2.24, 2.45) is 0 Å². The van der Waals surface area contributed by atoms with Crippen LogP contribution in [0.4, 0.5) is 13.2 Å². The van der Waals surface area contributed by atoms with E-state index in [0.29, 0.717) is 0 Å². The number of esters is 1. The van der Waals surface area contributed by atoms with E-state index in [1.807, 2.05) is 0 Å². The third kappa shape index (κ3) is 4.49. The van der Waals surface area contributed by atoms with Crippen molar-refractivity contribution >= 4 is 12.4 Å². The quantitative estimate of drug-likeness (QED) is 0.447. The van der Waals surface area contributed by atoms with Gasteiger partial charge in [0.2, 0.25) is 6.41 Å². The van der Waals surface area contributed by atoms with Gasteiger partial charge in [-0.2, -0.15) is 13.2 Å². The zero-order valence-electron chi connectivity index (χ0n) is 10.7. The Morgan fingerprint density at radius 3 is 2.45 bits per heavy atom. The summed E-state index contributed by atoms with van der Waals surface area (Å²) in [6, 6.07) is 0. The third-order valence-corrected chi connectivity index (χ3v) is 2.39.